The molecule has 0 unspecified atom stereocenters. The Morgan fingerprint density at radius 2 is 2.32 bits per heavy atom. The van der Waals surface area contributed by atoms with Crippen LogP contribution in [0.4, 0.5) is 0 Å². The number of nitrogens with one attached hydrogen (secondary N) is 1. The molecule has 0 saturated carbocycles. The average molecular weight is 326 g/mol. The maximum absolute atomic E-state index is 12.6. The summed E-state index contributed by atoms with van der Waals surface area (Å²) in [4.78, 5) is 4.05. The highest BCUT2D eigenvalue weighted by molar-refractivity contribution is 7.87. The molecule has 1 aliphatic rings. The first kappa shape index (κ1) is 15.2. The van der Waals surface area contributed by atoms with E-state index in [1.165, 1.54) is 4.31 Å². The van der Waals surface area contributed by atoms with E-state index >= 15 is 0 Å². The number of rotatable bonds is 5. The molecule has 9 heteroatoms. The quantitative estimate of drug-likeness (QED) is 0.897. The van der Waals surface area contributed by atoms with Crippen LogP contribution in [0, 0.1) is 6.92 Å². The summed E-state index contributed by atoms with van der Waals surface area (Å²) in [6.45, 7) is 3.81. The summed E-state index contributed by atoms with van der Waals surface area (Å²) in [6.07, 6.45) is 3.08. The second-order valence-corrected chi connectivity index (χ2v) is 6.96. The van der Waals surface area contributed by atoms with Crippen LogP contribution in [0.25, 0.3) is 0 Å². The Morgan fingerprint density at radius 1 is 1.50 bits per heavy atom. The van der Waals surface area contributed by atoms with Crippen LogP contribution in [0.5, 0.6) is 0 Å². The smallest absolute Gasteiger partial charge is 0.280 e. The normalized spacial score (nSPS) is 21.3. The van der Waals surface area contributed by atoms with E-state index in [9.17, 15) is 8.42 Å². The molecule has 0 radical (unpaired) electrons. The standard InChI is InChI=1S/C13H18N4O4S/c1-9(13-14-10(2)15-21-13)16-22(18,19)17-7-3-5-11(17)12-6-4-8-20-12/h4,6,8-9,11,16H,3,5,7H2,1-2H3/t9-,11-/m0/s1. The lowest BCUT2D eigenvalue weighted by molar-refractivity contribution is 0.322. The number of nitrogens with zero attached hydrogens (tertiary/aromatic N) is 3. The van der Waals surface area contributed by atoms with Crippen molar-refractivity contribution in [1.82, 2.24) is 19.2 Å². The summed E-state index contributed by atoms with van der Waals surface area (Å²) in [7, 11) is -3.68. The molecule has 0 aromatic carbocycles. The predicted octanol–water partition coefficient (Wildman–Crippen LogP) is 1.70. The van der Waals surface area contributed by atoms with E-state index in [0.717, 1.165) is 12.8 Å². The van der Waals surface area contributed by atoms with Gasteiger partial charge in [-0.3, -0.25) is 0 Å². The van der Waals surface area contributed by atoms with E-state index in [1.807, 2.05) is 0 Å². The molecule has 2 atom stereocenters. The van der Waals surface area contributed by atoms with Crippen LogP contribution in [0.1, 0.15) is 49.3 Å². The highest BCUT2D eigenvalue weighted by Gasteiger charge is 2.37. The van der Waals surface area contributed by atoms with Crippen molar-refractivity contribution in [3.63, 3.8) is 0 Å². The number of hydrogen-bond acceptors (Lipinski definition) is 6. The van der Waals surface area contributed by atoms with Gasteiger partial charge in [-0.25, -0.2) is 0 Å². The summed E-state index contributed by atoms with van der Waals surface area (Å²) in [5, 5.41) is 3.67. The van der Waals surface area contributed by atoms with E-state index in [2.05, 4.69) is 14.9 Å². The first-order valence-corrected chi connectivity index (χ1v) is 8.54. The van der Waals surface area contributed by atoms with Crippen molar-refractivity contribution in [3.05, 3.63) is 35.9 Å². The largest absolute Gasteiger partial charge is 0.468 e. The second kappa shape index (κ2) is 5.82. The van der Waals surface area contributed by atoms with Gasteiger partial charge in [0.1, 0.15) is 5.76 Å². The predicted molar refractivity (Wildman–Crippen MR) is 76.9 cm³/mol. The zero-order valence-corrected chi connectivity index (χ0v) is 13.2. The summed E-state index contributed by atoms with van der Waals surface area (Å²) in [5.41, 5.74) is 0. The van der Waals surface area contributed by atoms with Gasteiger partial charge >= 0.3 is 0 Å². The van der Waals surface area contributed by atoms with Crippen molar-refractivity contribution in [2.75, 3.05) is 6.54 Å². The lowest BCUT2D eigenvalue weighted by Gasteiger charge is -2.24. The SMILES string of the molecule is Cc1noc([C@H](C)NS(=O)(=O)N2CCC[C@H]2c2ccco2)n1. The first-order valence-electron chi connectivity index (χ1n) is 7.10. The van der Waals surface area contributed by atoms with Crippen LogP contribution in [-0.4, -0.2) is 29.4 Å². The molecule has 22 heavy (non-hydrogen) atoms. The Kier molecular flexibility index (Phi) is 4.02. The third kappa shape index (κ3) is 2.92. The van der Waals surface area contributed by atoms with E-state index in [1.54, 1.807) is 32.2 Å². The topological polar surface area (TPSA) is 101 Å². The molecule has 2 aromatic rings. The molecule has 0 bridgehead atoms. The van der Waals surface area contributed by atoms with E-state index < -0.39 is 16.3 Å². The van der Waals surface area contributed by atoms with Crippen LogP contribution in [0.3, 0.4) is 0 Å². The third-order valence-electron chi connectivity index (χ3n) is 3.62. The molecular weight excluding hydrogens is 308 g/mol. The molecule has 8 nitrogen and oxygen atoms in total. The zero-order valence-electron chi connectivity index (χ0n) is 12.4. The molecular formula is C13H18N4O4S. The lowest BCUT2D eigenvalue weighted by atomic mass is 10.2. The van der Waals surface area contributed by atoms with Gasteiger partial charge in [-0.1, -0.05) is 5.16 Å². The van der Waals surface area contributed by atoms with Crippen LogP contribution in [-0.2, 0) is 10.2 Å². The van der Waals surface area contributed by atoms with E-state index in [-0.39, 0.29) is 11.9 Å². The number of furan rings is 1. The first-order chi connectivity index (χ1) is 10.5. The Hall–Kier alpha value is -1.71. The van der Waals surface area contributed by atoms with Gasteiger partial charge in [0.15, 0.2) is 5.82 Å². The zero-order chi connectivity index (χ0) is 15.7. The number of aryl methyl sites for hydroxylation is 1. The van der Waals surface area contributed by atoms with E-state index in [0.29, 0.717) is 18.1 Å². The van der Waals surface area contributed by atoms with Gasteiger partial charge < -0.3 is 8.94 Å². The summed E-state index contributed by atoms with van der Waals surface area (Å²) < 4.78 is 39.6. The number of hydrogen-bond donors (Lipinski definition) is 1. The Bertz CT molecular complexity index is 725. The van der Waals surface area contributed by atoms with Crippen molar-refractivity contribution in [2.45, 2.75) is 38.8 Å². The minimum atomic E-state index is -3.68. The van der Waals surface area contributed by atoms with Crippen molar-refractivity contribution in [3.8, 4) is 0 Å². The molecule has 0 aliphatic carbocycles. The Balaban J connectivity index is 1.77. The molecule has 1 saturated heterocycles. The van der Waals surface area contributed by atoms with Crippen molar-refractivity contribution < 1.29 is 17.4 Å². The molecule has 3 rings (SSSR count). The van der Waals surface area contributed by atoms with Crippen LogP contribution < -0.4 is 4.72 Å². The minimum Gasteiger partial charge on any atom is -0.468 e. The lowest BCUT2D eigenvalue weighted by Crippen LogP contribution is -2.41. The van der Waals surface area contributed by atoms with E-state index in [4.69, 9.17) is 8.94 Å². The average Bonchev–Trinajstić information content (AvgIpc) is 3.19. The fourth-order valence-electron chi connectivity index (χ4n) is 2.62. The van der Waals surface area contributed by atoms with Crippen LogP contribution in [0.2, 0.25) is 0 Å². The van der Waals surface area contributed by atoms with Gasteiger partial charge in [-0.2, -0.15) is 22.4 Å². The summed E-state index contributed by atoms with van der Waals surface area (Å²) >= 11 is 0. The van der Waals surface area contributed by atoms with Crippen molar-refractivity contribution in [2.24, 2.45) is 0 Å². The fraction of sp³-hybridized carbons (Fsp3) is 0.538. The van der Waals surface area contributed by atoms with Gasteiger partial charge in [0, 0.05) is 6.54 Å². The maximum Gasteiger partial charge on any atom is 0.280 e. The van der Waals surface area contributed by atoms with Crippen LogP contribution >= 0.6 is 0 Å². The second-order valence-electron chi connectivity index (χ2n) is 5.31. The van der Waals surface area contributed by atoms with Gasteiger partial charge in [0.2, 0.25) is 5.89 Å². The molecule has 0 spiro atoms. The van der Waals surface area contributed by atoms with Crippen molar-refractivity contribution >= 4 is 10.2 Å². The summed E-state index contributed by atoms with van der Waals surface area (Å²) in [5.74, 6) is 1.37. The highest BCUT2D eigenvalue weighted by Crippen LogP contribution is 2.34. The van der Waals surface area contributed by atoms with Gasteiger partial charge in [-0.15, -0.1) is 0 Å². The third-order valence-corrected chi connectivity index (χ3v) is 5.33. The Labute approximate surface area is 128 Å². The molecule has 2 aromatic heterocycles. The molecule has 0 amide bonds. The molecule has 1 N–H and O–H groups in total. The highest BCUT2D eigenvalue weighted by atomic mass is 32.2. The van der Waals surface area contributed by atoms with Gasteiger partial charge in [0.05, 0.1) is 18.3 Å². The van der Waals surface area contributed by atoms with Gasteiger partial charge in [0.25, 0.3) is 10.2 Å². The molecule has 1 fully saturated rings. The Morgan fingerprint density at radius 3 is 2.95 bits per heavy atom. The minimum absolute atomic E-state index is 0.245. The van der Waals surface area contributed by atoms with Crippen molar-refractivity contribution in [1.29, 1.82) is 0 Å². The monoisotopic (exact) mass is 326 g/mol. The molecule has 3 heterocycles. The maximum atomic E-state index is 12.6. The fourth-order valence-corrected chi connectivity index (χ4v) is 4.22. The van der Waals surface area contributed by atoms with Crippen LogP contribution in [0.15, 0.2) is 27.3 Å². The number of aromatic nitrogens is 2. The summed E-state index contributed by atoms with van der Waals surface area (Å²) in [6, 6.07) is 2.69. The molecule has 120 valence electrons. The van der Waals surface area contributed by atoms with Gasteiger partial charge in [-0.05, 0) is 38.8 Å². The molecule has 1 aliphatic heterocycles.